The number of non-ortho nitro benzene ring substituents is 1. The van der Waals surface area contributed by atoms with Gasteiger partial charge in [-0.2, -0.15) is 0 Å². The predicted molar refractivity (Wildman–Crippen MR) is 56.1 cm³/mol. The van der Waals surface area contributed by atoms with Crippen molar-refractivity contribution in [2.75, 3.05) is 13.3 Å². The Balaban J connectivity index is 2.96. The summed E-state index contributed by atoms with van der Waals surface area (Å²) < 4.78 is 16.9. The molecule has 0 aliphatic rings. The maximum Gasteiger partial charge on any atom is 0.339 e. The lowest BCUT2D eigenvalue weighted by Crippen LogP contribution is -2.05. The monoisotopic (exact) mass is 243 g/mol. The van der Waals surface area contributed by atoms with Crippen molar-refractivity contribution in [2.45, 2.75) is 6.42 Å². The summed E-state index contributed by atoms with van der Waals surface area (Å²) >= 11 is 0. The zero-order valence-corrected chi connectivity index (χ0v) is 8.76. The van der Waals surface area contributed by atoms with Gasteiger partial charge in [-0.1, -0.05) is 0 Å². The minimum atomic E-state index is -1.33. The van der Waals surface area contributed by atoms with Crippen LogP contribution in [0, 0.1) is 10.1 Å². The van der Waals surface area contributed by atoms with Crippen LogP contribution in [-0.2, 0) is 0 Å². The van der Waals surface area contributed by atoms with Gasteiger partial charge in [-0.3, -0.25) is 14.5 Å². The number of benzene rings is 1. The molecule has 0 fully saturated rings. The first-order valence-electron chi connectivity index (χ1n) is 4.76. The summed E-state index contributed by atoms with van der Waals surface area (Å²) in [5.41, 5.74) is -0.640. The zero-order valence-electron chi connectivity index (χ0n) is 8.76. The molecule has 0 aliphatic heterocycles. The summed E-state index contributed by atoms with van der Waals surface area (Å²) in [6, 6.07) is 3.24. The number of ether oxygens (including phenoxy) is 1. The number of rotatable bonds is 6. The SMILES string of the molecule is O=C(O)c1cc([N+](=O)[O-])ccc1OCCCF. The summed E-state index contributed by atoms with van der Waals surface area (Å²) in [6.45, 7) is -0.552. The average Bonchev–Trinajstić information content (AvgIpc) is 2.29. The van der Waals surface area contributed by atoms with E-state index in [9.17, 15) is 19.3 Å². The molecule has 0 saturated carbocycles. The molecule has 0 atom stereocenters. The van der Waals surface area contributed by atoms with Crippen LogP contribution in [0.2, 0.25) is 0 Å². The molecule has 0 radical (unpaired) electrons. The largest absolute Gasteiger partial charge is 0.493 e. The maximum atomic E-state index is 11.8. The van der Waals surface area contributed by atoms with Gasteiger partial charge < -0.3 is 9.84 Å². The van der Waals surface area contributed by atoms with Crippen molar-refractivity contribution in [3.8, 4) is 5.75 Å². The molecular formula is C10H10FNO5. The highest BCUT2D eigenvalue weighted by atomic mass is 19.1. The second-order valence-electron chi connectivity index (χ2n) is 3.13. The maximum absolute atomic E-state index is 11.8. The second-order valence-corrected chi connectivity index (χ2v) is 3.13. The Morgan fingerprint density at radius 1 is 1.53 bits per heavy atom. The van der Waals surface area contributed by atoms with E-state index in [4.69, 9.17) is 9.84 Å². The molecule has 17 heavy (non-hydrogen) atoms. The Morgan fingerprint density at radius 2 is 2.24 bits per heavy atom. The van der Waals surface area contributed by atoms with Crippen LogP contribution in [0.15, 0.2) is 18.2 Å². The Kier molecular flexibility index (Phi) is 4.38. The Hall–Kier alpha value is -2.18. The fraction of sp³-hybridized carbons (Fsp3) is 0.300. The number of hydrogen-bond acceptors (Lipinski definition) is 4. The topological polar surface area (TPSA) is 89.7 Å². The van der Waals surface area contributed by atoms with Gasteiger partial charge in [0.1, 0.15) is 11.3 Å². The molecule has 0 bridgehead atoms. The molecule has 0 heterocycles. The van der Waals surface area contributed by atoms with Crippen LogP contribution in [0.3, 0.4) is 0 Å². The first-order valence-corrected chi connectivity index (χ1v) is 4.76. The van der Waals surface area contributed by atoms with Gasteiger partial charge in [-0.15, -0.1) is 0 Å². The number of nitro benzene ring substituents is 1. The molecule has 1 aromatic carbocycles. The van der Waals surface area contributed by atoms with Crippen LogP contribution < -0.4 is 4.74 Å². The lowest BCUT2D eigenvalue weighted by atomic mass is 10.2. The van der Waals surface area contributed by atoms with Crippen molar-refractivity contribution < 1.29 is 24.0 Å². The van der Waals surface area contributed by atoms with Crippen molar-refractivity contribution in [1.82, 2.24) is 0 Å². The Morgan fingerprint density at radius 3 is 2.76 bits per heavy atom. The van der Waals surface area contributed by atoms with E-state index in [0.717, 1.165) is 12.1 Å². The number of carbonyl (C=O) groups is 1. The van der Waals surface area contributed by atoms with Gasteiger partial charge in [0.15, 0.2) is 0 Å². The molecule has 1 N–H and O–H groups in total. The van der Waals surface area contributed by atoms with E-state index in [-0.39, 0.29) is 30.0 Å². The summed E-state index contributed by atoms with van der Waals surface area (Å²) in [6.07, 6.45) is 0.135. The second kappa shape index (κ2) is 5.78. The van der Waals surface area contributed by atoms with Crippen LogP contribution >= 0.6 is 0 Å². The molecule has 0 aliphatic carbocycles. The van der Waals surface area contributed by atoms with Crippen molar-refractivity contribution in [3.05, 3.63) is 33.9 Å². The van der Waals surface area contributed by atoms with Gasteiger partial charge in [0.2, 0.25) is 0 Å². The fourth-order valence-corrected chi connectivity index (χ4v) is 1.16. The van der Waals surface area contributed by atoms with E-state index >= 15 is 0 Å². The molecule has 0 unspecified atom stereocenters. The molecule has 0 aromatic heterocycles. The molecule has 0 saturated heterocycles. The molecule has 6 nitrogen and oxygen atoms in total. The minimum Gasteiger partial charge on any atom is -0.493 e. The van der Waals surface area contributed by atoms with Crippen LogP contribution in [-0.4, -0.2) is 29.3 Å². The number of alkyl halides is 1. The summed E-state index contributed by atoms with van der Waals surface area (Å²) in [5, 5.41) is 19.3. The molecule has 92 valence electrons. The van der Waals surface area contributed by atoms with E-state index < -0.39 is 17.6 Å². The Bertz CT molecular complexity index is 435. The minimum absolute atomic E-state index is 0.00319. The third-order valence-electron chi connectivity index (χ3n) is 1.94. The van der Waals surface area contributed by atoms with Gasteiger partial charge in [0, 0.05) is 18.6 Å². The van der Waals surface area contributed by atoms with Crippen LogP contribution in [0.4, 0.5) is 10.1 Å². The van der Waals surface area contributed by atoms with Gasteiger partial charge in [-0.25, -0.2) is 4.79 Å². The summed E-state index contributed by atoms with van der Waals surface area (Å²) in [4.78, 5) is 20.6. The standard InChI is InChI=1S/C10H10FNO5/c11-4-1-5-17-9-3-2-7(12(15)16)6-8(9)10(13)14/h2-3,6H,1,4-5H2,(H,13,14). The fourth-order valence-electron chi connectivity index (χ4n) is 1.16. The number of nitrogens with zero attached hydrogens (tertiary/aromatic N) is 1. The molecule has 1 rings (SSSR count). The van der Waals surface area contributed by atoms with E-state index in [1.54, 1.807) is 0 Å². The van der Waals surface area contributed by atoms with Gasteiger partial charge in [0.25, 0.3) is 5.69 Å². The Labute approximate surface area is 95.8 Å². The highest BCUT2D eigenvalue weighted by Crippen LogP contribution is 2.24. The average molecular weight is 243 g/mol. The smallest absolute Gasteiger partial charge is 0.339 e. The molecular weight excluding hydrogens is 233 g/mol. The number of nitro groups is 1. The predicted octanol–water partition coefficient (Wildman–Crippen LogP) is 2.03. The quantitative estimate of drug-likeness (QED) is 0.469. The molecule has 0 spiro atoms. The third kappa shape index (κ3) is 3.40. The van der Waals surface area contributed by atoms with E-state index in [1.807, 2.05) is 0 Å². The molecule has 0 amide bonds. The van der Waals surface area contributed by atoms with Crippen LogP contribution in [0.1, 0.15) is 16.8 Å². The summed E-state index contributed by atoms with van der Waals surface area (Å²) in [5.74, 6) is -1.33. The molecule has 1 aromatic rings. The molecule has 7 heteroatoms. The highest BCUT2D eigenvalue weighted by molar-refractivity contribution is 5.91. The van der Waals surface area contributed by atoms with Gasteiger partial charge >= 0.3 is 5.97 Å². The van der Waals surface area contributed by atoms with Crippen LogP contribution in [0.5, 0.6) is 5.75 Å². The number of aromatic carboxylic acids is 1. The van der Waals surface area contributed by atoms with E-state index in [0.29, 0.717) is 0 Å². The number of carboxylic acids is 1. The van der Waals surface area contributed by atoms with Crippen LogP contribution in [0.25, 0.3) is 0 Å². The first-order chi connectivity index (χ1) is 8.06. The normalized spacial score (nSPS) is 9.94. The highest BCUT2D eigenvalue weighted by Gasteiger charge is 2.16. The lowest BCUT2D eigenvalue weighted by molar-refractivity contribution is -0.384. The van der Waals surface area contributed by atoms with Crippen molar-refractivity contribution in [3.63, 3.8) is 0 Å². The lowest BCUT2D eigenvalue weighted by Gasteiger charge is -2.07. The van der Waals surface area contributed by atoms with Crippen molar-refractivity contribution >= 4 is 11.7 Å². The first kappa shape index (κ1) is 12.9. The summed E-state index contributed by atoms with van der Waals surface area (Å²) in [7, 11) is 0. The third-order valence-corrected chi connectivity index (χ3v) is 1.94. The zero-order chi connectivity index (χ0) is 12.8. The van der Waals surface area contributed by atoms with Gasteiger partial charge in [-0.05, 0) is 6.07 Å². The number of halogens is 1. The van der Waals surface area contributed by atoms with E-state index in [1.165, 1.54) is 6.07 Å². The number of hydrogen-bond donors (Lipinski definition) is 1. The van der Waals surface area contributed by atoms with E-state index in [2.05, 4.69) is 0 Å². The van der Waals surface area contributed by atoms with Crippen molar-refractivity contribution in [1.29, 1.82) is 0 Å². The van der Waals surface area contributed by atoms with Gasteiger partial charge in [0.05, 0.1) is 18.2 Å². The van der Waals surface area contributed by atoms with Crippen molar-refractivity contribution in [2.24, 2.45) is 0 Å². The number of carboxylic acid groups (broad SMARTS) is 1.